The average Bonchev–Trinajstić information content (AvgIpc) is 2.45. The predicted octanol–water partition coefficient (Wildman–Crippen LogP) is 2.48. The number of methoxy groups -OCH3 is 1. The summed E-state index contributed by atoms with van der Waals surface area (Å²) in [6, 6.07) is 14.3. The lowest BCUT2D eigenvalue weighted by atomic mass is 10.1. The maximum absolute atomic E-state index is 12.3. The number of benzene rings is 2. The van der Waals surface area contributed by atoms with Crippen LogP contribution < -0.4 is 9.46 Å². The van der Waals surface area contributed by atoms with Crippen LogP contribution in [0.4, 0.5) is 0 Å². The summed E-state index contributed by atoms with van der Waals surface area (Å²) in [4.78, 5) is 0.148. The van der Waals surface area contributed by atoms with E-state index in [0.717, 1.165) is 11.1 Å². The quantitative estimate of drug-likeness (QED) is 0.920. The van der Waals surface area contributed by atoms with Gasteiger partial charge in [0, 0.05) is 6.54 Å². The molecule has 0 atom stereocenters. The molecule has 2 aromatic rings. The average molecular weight is 291 g/mol. The number of ether oxygens (including phenoxy) is 1. The van der Waals surface area contributed by atoms with Crippen molar-refractivity contribution in [1.29, 1.82) is 0 Å². The Morgan fingerprint density at radius 3 is 2.55 bits per heavy atom. The molecule has 0 spiro atoms. The fourth-order valence-corrected chi connectivity index (χ4v) is 3.11. The van der Waals surface area contributed by atoms with Crippen molar-refractivity contribution in [1.82, 2.24) is 4.72 Å². The normalized spacial score (nSPS) is 11.3. The number of hydrogen-bond donors (Lipinski definition) is 1. The van der Waals surface area contributed by atoms with Gasteiger partial charge in [-0.25, -0.2) is 13.1 Å². The molecule has 0 amide bonds. The topological polar surface area (TPSA) is 55.4 Å². The van der Waals surface area contributed by atoms with Crippen LogP contribution in [0.1, 0.15) is 11.1 Å². The highest BCUT2D eigenvalue weighted by Gasteiger charge is 2.18. The van der Waals surface area contributed by atoms with E-state index in [9.17, 15) is 8.42 Å². The molecular weight excluding hydrogens is 274 g/mol. The van der Waals surface area contributed by atoms with Gasteiger partial charge >= 0.3 is 0 Å². The predicted molar refractivity (Wildman–Crippen MR) is 78.2 cm³/mol. The molecule has 2 aromatic carbocycles. The Kier molecular flexibility index (Phi) is 4.42. The van der Waals surface area contributed by atoms with Crippen molar-refractivity contribution in [2.45, 2.75) is 18.4 Å². The largest absolute Gasteiger partial charge is 0.495 e. The number of para-hydroxylation sites is 1. The van der Waals surface area contributed by atoms with E-state index in [1.54, 1.807) is 18.2 Å². The van der Waals surface area contributed by atoms with Crippen molar-refractivity contribution in [3.8, 4) is 5.75 Å². The van der Waals surface area contributed by atoms with Crippen molar-refractivity contribution < 1.29 is 13.2 Å². The van der Waals surface area contributed by atoms with E-state index in [4.69, 9.17) is 4.74 Å². The van der Waals surface area contributed by atoms with Gasteiger partial charge in [0.2, 0.25) is 10.0 Å². The Bertz CT molecular complexity index is 696. The maximum atomic E-state index is 12.3. The number of aryl methyl sites for hydroxylation is 1. The molecule has 0 radical (unpaired) electrons. The summed E-state index contributed by atoms with van der Waals surface area (Å²) in [7, 11) is -2.14. The molecule has 0 aromatic heterocycles. The Morgan fingerprint density at radius 1 is 1.10 bits per heavy atom. The molecule has 2 rings (SSSR count). The van der Waals surface area contributed by atoms with Crippen LogP contribution in [0.5, 0.6) is 5.75 Å². The van der Waals surface area contributed by atoms with Crippen molar-refractivity contribution in [3.05, 3.63) is 59.7 Å². The summed E-state index contributed by atoms with van der Waals surface area (Å²) in [6.07, 6.45) is 0. The lowest BCUT2D eigenvalue weighted by Gasteiger charge is -2.10. The van der Waals surface area contributed by atoms with Crippen LogP contribution in [0.3, 0.4) is 0 Å². The van der Waals surface area contributed by atoms with Crippen LogP contribution in [0.15, 0.2) is 53.4 Å². The second-order valence-corrected chi connectivity index (χ2v) is 6.20. The molecule has 4 nitrogen and oxygen atoms in total. The zero-order chi connectivity index (χ0) is 14.6. The zero-order valence-electron chi connectivity index (χ0n) is 11.5. The summed E-state index contributed by atoms with van der Waals surface area (Å²) in [5.41, 5.74) is 2.02. The standard InChI is InChI=1S/C15H17NO3S/c1-12-6-5-7-13(10-12)11-16-20(17,18)15-9-4-3-8-14(15)19-2/h3-10,16H,11H2,1-2H3. The van der Waals surface area contributed by atoms with E-state index in [1.807, 2.05) is 31.2 Å². The van der Waals surface area contributed by atoms with E-state index in [1.165, 1.54) is 13.2 Å². The van der Waals surface area contributed by atoms with E-state index in [0.29, 0.717) is 5.75 Å². The van der Waals surface area contributed by atoms with Crippen LogP contribution in [0, 0.1) is 6.92 Å². The van der Waals surface area contributed by atoms with E-state index < -0.39 is 10.0 Å². The number of hydrogen-bond acceptors (Lipinski definition) is 3. The number of sulfonamides is 1. The molecule has 106 valence electrons. The van der Waals surface area contributed by atoms with Gasteiger partial charge in [-0.15, -0.1) is 0 Å². The van der Waals surface area contributed by atoms with Gasteiger partial charge in [-0.05, 0) is 24.6 Å². The first kappa shape index (κ1) is 14.6. The van der Waals surface area contributed by atoms with Gasteiger partial charge < -0.3 is 4.74 Å². The first-order chi connectivity index (χ1) is 9.53. The SMILES string of the molecule is COc1ccccc1S(=O)(=O)NCc1cccc(C)c1. The Morgan fingerprint density at radius 2 is 1.85 bits per heavy atom. The van der Waals surface area contributed by atoms with Crippen LogP contribution >= 0.6 is 0 Å². The lowest BCUT2D eigenvalue weighted by molar-refractivity contribution is 0.402. The third kappa shape index (κ3) is 3.37. The Balaban J connectivity index is 2.19. The highest BCUT2D eigenvalue weighted by molar-refractivity contribution is 7.89. The third-order valence-electron chi connectivity index (χ3n) is 2.91. The molecule has 0 saturated heterocycles. The molecule has 0 aliphatic carbocycles. The summed E-state index contributed by atoms with van der Waals surface area (Å²) >= 11 is 0. The van der Waals surface area contributed by atoms with Crippen molar-refractivity contribution in [2.75, 3.05) is 7.11 Å². The van der Waals surface area contributed by atoms with Crippen LogP contribution in [0.2, 0.25) is 0 Å². The first-order valence-corrected chi connectivity index (χ1v) is 7.69. The minimum Gasteiger partial charge on any atom is -0.495 e. The molecule has 0 unspecified atom stereocenters. The molecule has 5 heteroatoms. The molecule has 0 aliphatic heterocycles. The maximum Gasteiger partial charge on any atom is 0.244 e. The van der Waals surface area contributed by atoms with Gasteiger partial charge in [-0.1, -0.05) is 42.0 Å². The molecule has 0 saturated carbocycles. The third-order valence-corrected chi connectivity index (χ3v) is 4.35. The summed E-state index contributed by atoms with van der Waals surface area (Å²) in [5.74, 6) is 0.337. The molecule has 20 heavy (non-hydrogen) atoms. The minimum atomic E-state index is -3.59. The van der Waals surface area contributed by atoms with Gasteiger partial charge in [0.05, 0.1) is 7.11 Å². The van der Waals surface area contributed by atoms with Gasteiger partial charge in [0.25, 0.3) is 0 Å². The monoisotopic (exact) mass is 291 g/mol. The zero-order valence-corrected chi connectivity index (χ0v) is 12.3. The molecular formula is C15H17NO3S. The lowest BCUT2D eigenvalue weighted by Crippen LogP contribution is -2.23. The highest BCUT2D eigenvalue weighted by Crippen LogP contribution is 2.22. The number of rotatable bonds is 5. The first-order valence-electron chi connectivity index (χ1n) is 6.21. The Hall–Kier alpha value is -1.85. The van der Waals surface area contributed by atoms with Crippen molar-refractivity contribution in [2.24, 2.45) is 0 Å². The molecule has 0 fully saturated rings. The highest BCUT2D eigenvalue weighted by atomic mass is 32.2. The molecule has 0 heterocycles. The number of nitrogens with one attached hydrogen (secondary N) is 1. The van der Waals surface area contributed by atoms with E-state index in [2.05, 4.69) is 4.72 Å². The van der Waals surface area contributed by atoms with Gasteiger partial charge in [0.15, 0.2) is 0 Å². The van der Waals surface area contributed by atoms with Gasteiger partial charge in [-0.3, -0.25) is 0 Å². The smallest absolute Gasteiger partial charge is 0.244 e. The fourth-order valence-electron chi connectivity index (χ4n) is 1.92. The summed E-state index contributed by atoms with van der Waals surface area (Å²) in [5, 5.41) is 0. The van der Waals surface area contributed by atoms with E-state index >= 15 is 0 Å². The van der Waals surface area contributed by atoms with Crippen LogP contribution in [-0.4, -0.2) is 15.5 Å². The summed E-state index contributed by atoms with van der Waals surface area (Å²) < 4.78 is 32.2. The van der Waals surface area contributed by atoms with Gasteiger partial charge in [0.1, 0.15) is 10.6 Å². The van der Waals surface area contributed by atoms with Crippen molar-refractivity contribution >= 4 is 10.0 Å². The second-order valence-electron chi connectivity index (χ2n) is 4.46. The Labute approximate surface area is 119 Å². The summed E-state index contributed by atoms with van der Waals surface area (Å²) in [6.45, 7) is 2.22. The minimum absolute atomic E-state index is 0.148. The molecule has 0 bridgehead atoms. The second kappa shape index (κ2) is 6.07. The van der Waals surface area contributed by atoms with Crippen molar-refractivity contribution in [3.63, 3.8) is 0 Å². The van der Waals surface area contributed by atoms with Crippen LogP contribution in [0.25, 0.3) is 0 Å². The fraction of sp³-hybridized carbons (Fsp3) is 0.200. The molecule has 0 aliphatic rings. The molecule has 1 N–H and O–H groups in total. The van der Waals surface area contributed by atoms with Gasteiger partial charge in [-0.2, -0.15) is 0 Å². The van der Waals surface area contributed by atoms with E-state index in [-0.39, 0.29) is 11.4 Å². The van der Waals surface area contributed by atoms with Crippen LogP contribution in [-0.2, 0) is 16.6 Å².